The molecule has 2 N–H and O–H groups in total. The number of rotatable bonds is 2. The van der Waals surface area contributed by atoms with Gasteiger partial charge in [-0.3, -0.25) is 0 Å². The van der Waals surface area contributed by atoms with Crippen molar-refractivity contribution in [3.8, 4) is 6.07 Å². The van der Waals surface area contributed by atoms with E-state index in [1.165, 1.54) is 6.34 Å². The minimum atomic E-state index is 0.715. The Hall–Kier alpha value is -2.02. The molecule has 0 atom stereocenters. The van der Waals surface area contributed by atoms with Crippen molar-refractivity contribution in [2.24, 2.45) is 5.16 Å². The first-order chi connectivity index (χ1) is 6.85. The Balaban J connectivity index is 0.000000255. The largest absolute Gasteiger partial charge is 0.410 e. The first-order valence-electron chi connectivity index (χ1n) is 4.19. The first-order valence-corrected chi connectivity index (χ1v) is 4.19. The van der Waals surface area contributed by atoms with Crippen molar-refractivity contribution in [2.45, 2.75) is 6.92 Å². The molecule has 1 aromatic rings. The highest BCUT2D eigenvalue weighted by molar-refractivity contribution is 5.52. The van der Waals surface area contributed by atoms with Crippen LogP contribution < -0.4 is 5.32 Å². The molecule has 0 aliphatic heterocycles. The van der Waals surface area contributed by atoms with Gasteiger partial charge in [0.2, 0.25) is 0 Å². The van der Waals surface area contributed by atoms with E-state index >= 15 is 0 Å². The maximum atomic E-state index is 8.29. The average molecular weight is 191 g/mol. The fraction of sp³-hybridized carbons (Fsp3) is 0.200. The quantitative estimate of drug-likeness (QED) is 0.322. The van der Waals surface area contributed by atoms with Gasteiger partial charge < -0.3 is 10.5 Å². The minimum absolute atomic E-state index is 0.715. The molecule has 0 bridgehead atoms. The molecule has 4 nitrogen and oxygen atoms in total. The van der Waals surface area contributed by atoms with Crippen LogP contribution in [0.25, 0.3) is 0 Å². The van der Waals surface area contributed by atoms with E-state index in [-0.39, 0.29) is 0 Å². The summed E-state index contributed by atoms with van der Waals surface area (Å²) in [5.41, 5.74) is 0.715. The molecule has 1 rings (SSSR count). The zero-order valence-corrected chi connectivity index (χ0v) is 8.01. The van der Waals surface area contributed by atoms with Crippen LogP contribution in [0, 0.1) is 11.3 Å². The third-order valence-electron chi connectivity index (χ3n) is 1.26. The second-order valence-corrected chi connectivity index (χ2v) is 2.28. The van der Waals surface area contributed by atoms with Crippen molar-refractivity contribution >= 4 is 6.34 Å². The van der Waals surface area contributed by atoms with Crippen LogP contribution in [0.2, 0.25) is 0 Å². The lowest BCUT2D eigenvalue weighted by molar-refractivity contribution is 0.319. The molecular weight excluding hydrogens is 178 g/mol. The number of nitriles is 1. The lowest BCUT2D eigenvalue weighted by atomic mass is 10.2. The lowest BCUT2D eigenvalue weighted by Crippen LogP contribution is -2.08. The molecule has 0 aliphatic rings. The Morgan fingerprint density at radius 2 is 2.14 bits per heavy atom. The highest BCUT2D eigenvalue weighted by atomic mass is 16.4. The van der Waals surface area contributed by atoms with E-state index in [2.05, 4.69) is 10.5 Å². The van der Waals surface area contributed by atoms with Crippen molar-refractivity contribution < 1.29 is 5.21 Å². The van der Waals surface area contributed by atoms with Crippen LogP contribution in [0.4, 0.5) is 0 Å². The van der Waals surface area contributed by atoms with Crippen molar-refractivity contribution in [1.29, 1.82) is 5.26 Å². The smallest absolute Gasteiger partial charge is 0.128 e. The van der Waals surface area contributed by atoms with E-state index in [0.29, 0.717) is 5.56 Å². The van der Waals surface area contributed by atoms with E-state index in [9.17, 15) is 0 Å². The van der Waals surface area contributed by atoms with Gasteiger partial charge in [-0.15, -0.1) is 0 Å². The van der Waals surface area contributed by atoms with Crippen LogP contribution in [0.5, 0.6) is 0 Å². The van der Waals surface area contributed by atoms with Gasteiger partial charge in [0.15, 0.2) is 0 Å². The summed E-state index contributed by atoms with van der Waals surface area (Å²) in [6, 6.07) is 11.2. The Bertz CT molecular complexity index is 290. The predicted molar refractivity (Wildman–Crippen MR) is 55.1 cm³/mol. The number of hydrogen-bond donors (Lipinski definition) is 2. The summed E-state index contributed by atoms with van der Waals surface area (Å²) in [6.45, 7) is 2.71. The van der Waals surface area contributed by atoms with Gasteiger partial charge in [-0.05, 0) is 19.1 Å². The first kappa shape index (κ1) is 12.0. The summed E-state index contributed by atoms with van der Waals surface area (Å²) in [5, 5.41) is 21.3. The van der Waals surface area contributed by atoms with Crippen LogP contribution in [0.1, 0.15) is 12.5 Å². The summed E-state index contributed by atoms with van der Waals surface area (Å²) in [7, 11) is 0. The van der Waals surface area contributed by atoms with Crippen LogP contribution >= 0.6 is 0 Å². The maximum Gasteiger partial charge on any atom is 0.128 e. The molecular formula is C10H13N3O. The van der Waals surface area contributed by atoms with Gasteiger partial charge in [-0.25, -0.2) is 0 Å². The number of oxime groups is 1. The third-order valence-corrected chi connectivity index (χ3v) is 1.26. The predicted octanol–water partition coefficient (Wildman–Crippen LogP) is 1.57. The van der Waals surface area contributed by atoms with Gasteiger partial charge in [0.1, 0.15) is 6.34 Å². The van der Waals surface area contributed by atoms with E-state index in [4.69, 9.17) is 10.5 Å². The molecule has 0 spiro atoms. The van der Waals surface area contributed by atoms with Gasteiger partial charge in [-0.2, -0.15) is 5.26 Å². The van der Waals surface area contributed by atoms with E-state index in [0.717, 1.165) is 6.54 Å². The van der Waals surface area contributed by atoms with Gasteiger partial charge in [-0.1, -0.05) is 23.4 Å². The van der Waals surface area contributed by atoms with Gasteiger partial charge >= 0.3 is 0 Å². The molecule has 0 aliphatic carbocycles. The topological polar surface area (TPSA) is 68.4 Å². The number of hydrogen-bond acceptors (Lipinski definition) is 3. The Labute approximate surface area is 83.5 Å². The highest BCUT2D eigenvalue weighted by Crippen LogP contribution is 1.93. The Morgan fingerprint density at radius 1 is 1.50 bits per heavy atom. The Morgan fingerprint density at radius 3 is 2.43 bits per heavy atom. The normalized spacial score (nSPS) is 8.57. The van der Waals surface area contributed by atoms with Gasteiger partial charge in [0.25, 0.3) is 0 Å². The minimum Gasteiger partial charge on any atom is -0.410 e. The molecule has 1 aromatic carbocycles. The zero-order valence-electron chi connectivity index (χ0n) is 8.01. The fourth-order valence-corrected chi connectivity index (χ4v) is 0.645. The molecule has 14 heavy (non-hydrogen) atoms. The molecule has 4 heteroatoms. The van der Waals surface area contributed by atoms with Crippen molar-refractivity contribution in [3.05, 3.63) is 35.9 Å². The summed E-state index contributed by atoms with van der Waals surface area (Å²) in [5.74, 6) is 0. The summed E-state index contributed by atoms with van der Waals surface area (Å²) in [6.07, 6.45) is 1.24. The second kappa shape index (κ2) is 9.07. The SMILES string of the molecule is CCNC=NO.N#Cc1ccccc1. The fourth-order valence-electron chi connectivity index (χ4n) is 0.645. The molecule has 0 fully saturated rings. The highest BCUT2D eigenvalue weighted by Gasteiger charge is 1.79. The zero-order chi connectivity index (χ0) is 10.6. The van der Waals surface area contributed by atoms with Crippen molar-refractivity contribution in [1.82, 2.24) is 5.32 Å². The van der Waals surface area contributed by atoms with E-state index in [1.807, 2.05) is 31.2 Å². The third kappa shape index (κ3) is 6.68. The van der Waals surface area contributed by atoms with E-state index < -0.39 is 0 Å². The molecule has 0 saturated carbocycles. The lowest BCUT2D eigenvalue weighted by Gasteiger charge is -1.83. The summed E-state index contributed by atoms with van der Waals surface area (Å²) < 4.78 is 0. The molecule has 74 valence electrons. The molecule has 0 heterocycles. The number of benzene rings is 1. The summed E-state index contributed by atoms with van der Waals surface area (Å²) in [4.78, 5) is 0. The van der Waals surface area contributed by atoms with Crippen LogP contribution in [0.15, 0.2) is 35.5 Å². The maximum absolute atomic E-state index is 8.29. The molecule has 0 unspecified atom stereocenters. The van der Waals surface area contributed by atoms with E-state index in [1.54, 1.807) is 12.1 Å². The molecule has 0 aromatic heterocycles. The average Bonchev–Trinajstić information content (AvgIpc) is 2.28. The van der Waals surface area contributed by atoms with Gasteiger partial charge in [0, 0.05) is 6.54 Å². The monoisotopic (exact) mass is 191 g/mol. The standard InChI is InChI=1S/C7H5N.C3H8N2O/c8-6-7-4-2-1-3-5-7;1-2-4-3-5-6/h1-5H;3,6H,2H2,1H3,(H,4,5). The Kier molecular flexibility index (Phi) is 7.76. The molecule has 0 radical (unpaired) electrons. The van der Waals surface area contributed by atoms with Crippen molar-refractivity contribution in [3.63, 3.8) is 0 Å². The van der Waals surface area contributed by atoms with Gasteiger partial charge in [0.05, 0.1) is 11.6 Å². The number of nitrogens with zero attached hydrogens (tertiary/aromatic N) is 2. The van der Waals surface area contributed by atoms with Crippen molar-refractivity contribution in [2.75, 3.05) is 6.54 Å². The van der Waals surface area contributed by atoms with Crippen LogP contribution in [-0.2, 0) is 0 Å². The molecule has 0 saturated heterocycles. The summed E-state index contributed by atoms with van der Waals surface area (Å²) >= 11 is 0. The van der Waals surface area contributed by atoms with Crippen LogP contribution in [0.3, 0.4) is 0 Å². The number of nitrogens with one attached hydrogen (secondary N) is 1. The second-order valence-electron chi connectivity index (χ2n) is 2.28. The van der Waals surface area contributed by atoms with Crippen LogP contribution in [-0.4, -0.2) is 18.1 Å². The molecule has 0 amide bonds.